The van der Waals surface area contributed by atoms with E-state index in [-0.39, 0.29) is 11.4 Å². The van der Waals surface area contributed by atoms with E-state index in [4.69, 9.17) is 4.74 Å². The second-order valence-electron chi connectivity index (χ2n) is 5.89. The van der Waals surface area contributed by atoms with Crippen molar-refractivity contribution in [2.75, 3.05) is 42.3 Å². The summed E-state index contributed by atoms with van der Waals surface area (Å²) in [6.07, 6.45) is 1.40. The van der Waals surface area contributed by atoms with Crippen molar-refractivity contribution < 1.29 is 18.3 Å². The Morgan fingerprint density at radius 2 is 2.11 bits per heavy atom. The molecule has 1 N–H and O–H groups in total. The predicted octanol–water partition coefficient (Wildman–Crippen LogP) is 2.93. The summed E-state index contributed by atoms with van der Waals surface area (Å²) in [5, 5.41) is 3.84. The van der Waals surface area contributed by atoms with Crippen LogP contribution in [0.15, 0.2) is 29.6 Å². The van der Waals surface area contributed by atoms with Gasteiger partial charge in [-0.15, -0.1) is 0 Å². The normalized spacial score (nSPS) is 14.4. The van der Waals surface area contributed by atoms with Crippen LogP contribution in [-0.4, -0.2) is 52.9 Å². The number of nitrogens with one attached hydrogen (secondary N) is 1. The fourth-order valence-corrected chi connectivity index (χ4v) is 4.57. The number of amides is 1. The van der Waals surface area contributed by atoms with Gasteiger partial charge in [0.15, 0.2) is 10.8 Å². The highest BCUT2D eigenvalue weighted by Crippen LogP contribution is 2.34. The van der Waals surface area contributed by atoms with Crippen molar-refractivity contribution in [3.05, 3.63) is 36.2 Å². The summed E-state index contributed by atoms with van der Waals surface area (Å²) < 4.78 is 33.0. The van der Waals surface area contributed by atoms with Gasteiger partial charge in [0.25, 0.3) is 0 Å². The lowest BCUT2D eigenvalue weighted by Gasteiger charge is -2.25. The molecule has 1 aliphatic heterocycles. The molecule has 11 heteroatoms. The van der Waals surface area contributed by atoms with Crippen LogP contribution >= 0.6 is 23.1 Å². The Labute approximate surface area is 167 Å². The molecule has 1 fully saturated rings. The number of fused-ring (bicyclic) bond motifs is 1. The maximum absolute atomic E-state index is 13.7. The summed E-state index contributed by atoms with van der Waals surface area (Å²) in [6.45, 7) is 2.83. The van der Waals surface area contributed by atoms with Crippen LogP contribution in [-0.2, 0) is 9.53 Å². The Bertz CT molecular complexity index is 1010. The second-order valence-corrected chi connectivity index (χ2v) is 7.83. The second kappa shape index (κ2) is 8.33. The van der Waals surface area contributed by atoms with E-state index in [0.717, 1.165) is 41.1 Å². The molecule has 3 heterocycles. The lowest BCUT2D eigenvalue weighted by Crippen LogP contribution is -2.36. The van der Waals surface area contributed by atoms with Crippen molar-refractivity contribution >= 4 is 50.2 Å². The molecule has 1 saturated heterocycles. The van der Waals surface area contributed by atoms with Gasteiger partial charge in [-0.3, -0.25) is 4.79 Å². The minimum absolute atomic E-state index is 0.00709. The molecular formula is C17H15F2N5O2S2. The third-order valence-corrected chi connectivity index (χ3v) is 6.20. The molecule has 0 bridgehead atoms. The molecule has 0 spiro atoms. The highest BCUT2D eigenvalue weighted by Gasteiger charge is 2.18. The first kappa shape index (κ1) is 19.0. The van der Waals surface area contributed by atoms with Crippen molar-refractivity contribution in [3.63, 3.8) is 0 Å². The molecule has 4 rings (SSSR count). The monoisotopic (exact) mass is 423 g/mol. The van der Waals surface area contributed by atoms with Crippen LogP contribution in [0.4, 0.5) is 19.6 Å². The van der Waals surface area contributed by atoms with Crippen molar-refractivity contribution in [1.29, 1.82) is 0 Å². The molecule has 28 heavy (non-hydrogen) atoms. The molecule has 2 aromatic heterocycles. The molecule has 0 unspecified atom stereocenters. The molecule has 0 atom stereocenters. The molecule has 1 aliphatic rings. The number of hydrogen-bond donors (Lipinski definition) is 1. The molecule has 0 saturated carbocycles. The summed E-state index contributed by atoms with van der Waals surface area (Å²) in [5.41, 5.74) is 0.381. The standard InChI is InChI=1S/C17H15F2N5O2S2/c18-10-1-2-11(19)12(7-10)22-13(25)8-27-16-14-15(20-9-21-16)23-17(28-14)24-3-5-26-6-4-24/h1-2,7,9H,3-6,8H2,(H,22,25). The van der Waals surface area contributed by atoms with Gasteiger partial charge in [-0.2, -0.15) is 4.98 Å². The summed E-state index contributed by atoms with van der Waals surface area (Å²) >= 11 is 2.66. The Kier molecular flexibility index (Phi) is 5.64. The van der Waals surface area contributed by atoms with Gasteiger partial charge in [-0.1, -0.05) is 23.1 Å². The summed E-state index contributed by atoms with van der Waals surface area (Å²) in [7, 11) is 0. The number of anilines is 2. The lowest BCUT2D eigenvalue weighted by molar-refractivity contribution is -0.113. The molecule has 1 amide bonds. The van der Waals surface area contributed by atoms with Gasteiger partial charge in [-0.25, -0.2) is 18.7 Å². The van der Waals surface area contributed by atoms with Gasteiger partial charge in [0.2, 0.25) is 5.91 Å². The number of aromatic nitrogens is 3. The summed E-state index contributed by atoms with van der Waals surface area (Å²) in [4.78, 5) is 27.3. The Morgan fingerprint density at radius 1 is 1.29 bits per heavy atom. The van der Waals surface area contributed by atoms with Crippen LogP contribution in [0.25, 0.3) is 10.3 Å². The minimum atomic E-state index is -0.693. The maximum Gasteiger partial charge on any atom is 0.234 e. The maximum atomic E-state index is 13.7. The molecular weight excluding hydrogens is 408 g/mol. The zero-order chi connectivity index (χ0) is 19.5. The van der Waals surface area contributed by atoms with Crippen LogP contribution in [0.1, 0.15) is 0 Å². The summed E-state index contributed by atoms with van der Waals surface area (Å²) in [5.74, 6) is -1.78. The number of halogens is 2. The first-order chi connectivity index (χ1) is 13.6. The molecule has 0 radical (unpaired) electrons. The van der Waals surface area contributed by atoms with Gasteiger partial charge in [-0.05, 0) is 12.1 Å². The van der Waals surface area contributed by atoms with E-state index in [1.165, 1.54) is 29.4 Å². The van der Waals surface area contributed by atoms with Crippen LogP contribution < -0.4 is 10.2 Å². The van der Waals surface area contributed by atoms with Crippen LogP contribution in [0, 0.1) is 11.6 Å². The number of thioether (sulfide) groups is 1. The average Bonchev–Trinajstić information content (AvgIpc) is 3.15. The van der Waals surface area contributed by atoms with Crippen LogP contribution in [0.3, 0.4) is 0 Å². The SMILES string of the molecule is O=C(CSc1ncnc2nc(N3CCOCC3)sc12)Nc1cc(F)ccc1F. The zero-order valence-corrected chi connectivity index (χ0v) is 16.2. The Hall–Kier alpha value is -2.37. The van der Waals surface area contributed by atoms with E-state index in [0.29, 0.717) is 23.9 Å². The third kappa shape index (κ3) is 4.21. The van der Waals surface area contributed by atoms with Gasteiger partial charge < -0.3 is 15.0 Å². The Balaban J connectivity index is 1.46. The zero-order valence-electron chi connectivity index (χ0n) is 14.5. The molecule has 0 aliphatic carbocycles. The number of thiazole rings is 1. The van der Waals surface area contributed by atoms with Crippen molar-refractivity contribution in [1.82, 2.24) is 15.0 Å². The molecule has 146 valence electrons. The lowest BCUT2D eigenvalue weighted by atomic mass is 10.3. The van der Waals surface area contributed by atoms with E-state index >= 15 is 0 Å². The fourth-order valence-electron chi connectivity index (χ4n) is 2.63. The first-order valence-corrected chi connectivity index (χ1v) is 10.2. The quantitative estimate of drug-likeness (QED) is 0.499. The van der Waals surface area contributed by atoms with Gasteiger partial charge in [0.05, 0.1) is 24.7 Å². The number of ether oxygens (including phenoxy) is 1. The van der Waals surface area contributed by atoms with Gasteiger partial charge in [0.1, 0.15) is 27.7 Å². The smallest absolute Gasteiger partial charge is 0.234 e. The van der Waals surface area contributed by atoms with Crippen LogP contribution in [0.2, 0.25) is 0 Å². The largest absolute Gasteiger partial charge is 0.378 e. The van der Waals surface area contributed by atoms with Gasteiger partial charge >= 0.3 is 0 Å². The number of hydrogen-bond acceptors (Lipinski definition) is 8. The average molecular weight is 423 g/mol. The predicted molar refractivity (Wildman–Crippen MR) is 104 cm³/mol. The number of nitrogens with zero attached hydrogens (tertiary/aromatic N) is 4. The number of carbonyl (C=O) groups excluding carboxylic acids is 1. The number of carbonyl (C=O) groups is 1. The van der Waals surface area contributed by atoms with E-state index in [1.807, 2.05) is 0 Å². The van der Waals surface area contributed by atoms with Crippen LogP contribution in [0.5, 0.6) is 0 Å². The number of rotatable bonds is 5. The highest BCUT2D eigenvalue weighted by molar-refractivity contribution is 8.00. The Morgan fingerprint density at radius 3 is 2.93 bits per heavy atom. The van der Waals surface area contributed by atoms with Crippen molar-refractivity contribution in [3.8, 4) is 0 Å². The third-order valence-electron chi connectivity index (χ3n) is 3.97. The number of benzene rings is 1. The number of morpholine rings is 1. The van der Waals surface area contributed by atoms with E-state index in [9.17, 15) is 13.6 Å². The highest BCUT2D eigenvalue weighted by atomic mass is 32.2. The molecule has 3 aromatic rings. The van der Waals surface area contributed by atoms with E-state index in [2.05, 4.69) is 25.2 Å². The van der Waals surface area contributed by atoms with E-state index in [1.54, 1.807) is 0 Å². The van der Waals surface area contributed by atoms with Crippen molar-refractivity contribution in [2.24, 2.45) is 0 Å². The topological polar surface area (TPSA) is 80.2 Å². The van der Waals surface area contributed by atoms with Crippen molar-refractivity contribution in [2.45, 2.75) is 5.03 Å². The van der Waals surface area contributed by atoms with E-state index < -0.39 is 17.5 Å². The first-order valence-electron chi connectivity index (χ1n) is 8.42. The van der Waals surface area contributed by atoms with Gasteiger partial charge in [0, 0.05) is 19.2 Å². The summed E-state index contributed by atoms with van der Waals surface area (Å²) in [6, 6.07) is 2.91. The molecule has 7 nitrogen and oxygen atoms in total. The molecule has 1 aromatic carbocycles. The minimum Gasteiger partial charge on any atom is -0.378 e. The fraction of sp³-hybridized carbons (Fsp3) is 0.294.